The van der Waals surface area contributed by atoms with E-state index < -0.39 is 29.1 Å². The summed E-state index contributed by atoms with van der Waals surface area (Å²) in [6.45, 7) is 0. The molecule has 0 saturated heterocycles. The van der Waals surface area contributed by atoms with Gasteiger partial charge in [-0.25, -0.2) is 0 Å². The molecule has 0 spiro atoms. The monoisotopic (exact) mass is 434 g/mol. The Morgan fingerprint density at radius 1 is 0.545 bits per heavy atom. The van der Waals surface area contributed by atoms with Crippen LogP contribution in [0.4, 0.5) is 0 Å². The van der Waals surface area contributed by atoms with E-state index in [-0.39, 0.29) is 5.92 Å². The third-order valence-corrected chi connectivity index (χ3v) is 7.85. The van der Waals surface area contributed by atoms with Gasteiger partial charge in [0.2, 0.25) is 0 Å². The molecule has 164 valence electrons. The van der Waals surface area contributed by atoms with Gasteiger partial charge in [0, 0.05) is 17.8 Å². The van der Waals surface area contributed by atoms with Crippen molar-refractivity contribution in [3.8, 4) is 0 Å². The maximum absolute atomic E-state index is 12.8. The van der Waals surface area contributed by atoms with Gasteiger partial charge >= 0.3 is 0 Å². The van der Waals surface area contributed by atoms with Gasteiger partial charge in [0.1, 0.15) is 11.2 Å². The smallest absolute Gasteiger partial charge is 0.130 e. The van der Waals surface area contributed by atoms with Crippen molar-refractivity contribution >= 4 is 0 Å². The highest BCUT2D eigenvalue weighted by Gasteiger charge is 2.74. The molecule has 3 nitrogen and oxygen atoms in total. The van der Waals surface area contributed by atoms with Gasteiger partial charge in [0.25, 0.3) is 0 Å². The third-order valence-electron chi connectivity index (χ3n) is 7.85. The van der Waals surface area contributed by atoms with Gasteiger partial charge in [-0.15, -0.1) is 0 Å². The Bertz CT molecular complexity index is 1270. The number of aliphatic hydroxyl groups excluding tert-OH is 1. The molecular weight excluding hydrogens is 408 g/mol. The summed E-state index contributed by atoms with van der Waals surface area (Å²) in [5.41, 5.74) is 0.534. The predicted molar refractivity (Wildman–Crippen MR) is 127 cm³/mol. The largest absolute Gasteiger partial charge is 0.388 e. The van der Waals surface area contributed by atoms with Crippen molar-refractivity contribution in [2.45, 2.75) is 29.1 Å². The summed E-state index contributed by atoms with van der Waals surface area (Å²) in [4.78, 5) is 0. The summed E-state index contributed by atoms with van der Waals surface area (Å²) in [5, 5.41) is 37.1. The Labute approximate surface area is 193 Å². The van der Waals surface area contributed by atoms with E-state index in [2.05, 4.69) is 0 Å². The molecule has 6 rings (SSSR count). The topological polar surface area (TPSA) is 60.7 Å². The second-order valence-electron chi connectivity index (χ2n) is 9.28. The number of rotatable bonds is 3. The molecule has 0 aliphatic heterocycles. The number of benzene rings is 4. The first-order chi connectivity index (χ1) is 16.1. The lowest BCUT2D eigenvalue weighted by Crippen LogP contribution is -2.49. The van der Waals surface area contributed by atoms with Crippen LogP contribution in [0.3, 0.4) is 0 Å². The second kappa shape index (κ2) is 7.39. The summed E-state index contributed by atoms with van der Waals surface area (Å²) in [5.74, 6) is -1.40. The molecule has 0 radical (unpaired) electrons. The Balaban J connectivity index is 1.72. The van der Waals surface area contributed by atoms with Gasteiger partial charge in [0.05, 0.1) is 6.10 Å². The van der Waals surface area contributed by atoms with Crippen LogP contribution in [-0.2, 0) is 11.2 Å². The van der Waals surface area contributed by atoms with Crippen LogP contribution in [0.2, 0.25) is 0 Å². The second-order valence-corrected chi connectivity index (χ2v) is 9.28. The molecule has 0 amide bonds. The maximum atomic E-state index is 12.8. The van der Waals surface area contributed by atoms with Crippen molar-refractivity contribution < 1.29 is 15.3 Å². The highest BCUT2D eigenvalue weighted by molar-refractivity contribution is 5.54. The van der Waals surface area contributed by atoms with E-state index in [0.717, 1.165) is 11.1 Å². The van der Waals surface area contributed by atoms with E-state index in [1.54, 1.807) is 0 Å². The van der Waals surface area contributed by atoms with Crippen molar-refractivity contribution in [3.05, 3.63) is 143 Å². The molecule has 3 heteroatoms. The lowest BCUT2D eigenvalue weighted by atomic mass is 9.69. The third kappa shape index (κ3) is 2.61. The van der Waals surface area contributed by atoms with E-state index in [9.17, 15) is 15.3 Å². The van der Waals surface area contributed by atoms with Gasteiger partial charge < -0.3 is 15.3 Å². The van der Waals surface area contributed by atoms with Crippen LogP contribution < -0.4 is 0 Å². The Kier molecular flexibility index (Phi) is 4.56. The molecule has 2 aliphatic rings. The van der Waals surface area contributed by atoms with Gasteiger partial charge in [-0.2, -0.15) is 0 Å². The van der Waals surface area contributed by atoms with Gasteiger partial charge in [-0.1, -0.05) is 115 Å². The van der Waals surface area contributed by atoms with Gasteiger partial charge in [0.15, 0.2) is 0 Å². The van der Waals surface area contributed by atoms with Crippen LogP contribution >= 0.6 is 0 Å². The normalized spacial score (nSPS) is 32.3. The first-order valence-electron chi connectivity index (χ1n) is 11.5. The van der Waals surface area contributed by atoms with Crippen molar-refractivity contribution in [3.63, 3.8) is 0 Å². The molecule has 33 heavy (non-hydrogen) atoms. The molecule has 0 unspecified atom stereocenters. The first-order valence-corrected chi connectivity index (χ1v) is 11.5. The van der Waals surface area contributed by atoms with Gasteiger partial charge in [-0.3, -0.25) is 0 Å². The number of fused-ring (bicyclic) bond motifs is 3. The molecule has 4 aromatic carbocycles. The lowest BCUT2D eigenvalue weighted by molar-refractivity contribution is -0.174. The molecule has 6 atom stereocenters. The standard InChI is InChI=1S/C30H26O3/c31-28-23-18-10-11-19-24(23)30(33)27(28)25(20-12-4-1-5-13-20)26(21-14-6-2-7-15-21)29(30,32)22-16-8-3-9-17-22/h1-19,25-28,31-33H/t25-,26+,27+,28-,29-,30-/m1/s1. The fourth-order valence-electron chi connectivity index (χ4n) is 6.60. The molecule has 1 saturated carbocycles. The zero-order valence-corrected chi connectivity index (χ0v) is 18.1. The highest BCUT2D eigenvalue weighted by atomic mass is 16.4. The van der Waals surface area contributed by atoms with Gasteiger partial charge in [-0.05, 0) is 27.8 Å². The van der Waals surface area contributed by atoms with Crippen LogP contribution in [0.1, 0.15) is 45.8 Å². The van der Waals surface area contributed by atoms with E-state index in [0.29, 0.717) is 16.7 Å². The minimum atomic E-state index is -1.68. The van der Waals surface area contributed by atoms with Crippen LogP contribution in [0.5, 0.6) is 0 Å². The minimum Gasteiger partial charge on any atom is -0.388 e. The van der Waals surface area contributed by atoms with Crippen LogP contribution in [0.15, 0.2) is 115 Å². The van der Waals surface area contributed by atoms with E-state index in [1.165, 1.54) is 0 Å². The molecule has 0 bridgehead atoms. The quantitative estimate of drug-likeness (QED) is 0.425. The SMILES string of the molecule is O[C@@H]1c2ccccc2[C@@]2(O)[C@H]1[C@H](c1ccccc1)[C@H](c1ccccc1)[C@]2(O)c1ccccc1. The average Bonchev–Trinajstić information content (AvgIpc) is 3.24. The fraction of sp³-hybridized carbons (Fsp3) is 0.200. The van der Waals surface area contributed by atoms with E-state index in [4.69, 9.17) is 0 Å². The molecule has 0 heterocycles. The first kappa shape index (κ1) is 20.4. The van der Waals surface area contributed by atoms with Crippen molar-refractivity contribution in [1.82, 2.24) is 0 Å². The Morgan fingerprint density at radius 2 is 1.06 bits per heavy atom. The summed E-state index contributed by atoms with van der Waals surface area (Å²) < 4.78 is 0. The average molecular weight is 435 g/mol. The zero-order valence-electron chi connectivity index (χ0n) is 18.1. The fourth-order valence-corrected chi connectivity index (χ4v) is 6.60. The molecule has 2 aliphatic carbocycles. The molecular formula is C30H26O3. The number of aliphatic hydroxyl groups is 3. The molecule has 0 aromatic heterocycles. The highest BCUT2D eigenvalue weighted by Crippen LogP contribution is 2.73. The lowest BCUT2D eigenvalue weighted by Gasteiger charge is -2.42. The number of hydrogen-bond donors (Lipinski definition) is 3. The Hall–Kier alpha value is -3.24. The molecule has 1 fully saturated rings. The molecule has 4 aromatic rings. The minimum absolute atomic E-state index is 0.314. The summed E-state index contributed by atoms with van der Waals surface area (Å²) in [6.07, 6.45) is -0.902. The van der Waals surface area contributed by atoms with Crippen molar-refractivity contribution in [2.75, 3.05) is 0 Å². The summed E-state index contributed by atoms with van der Waals surface area (Å²) in [6, 6.07) is 36.8. The maximum Gasteiger partial charge on any atom is 0.130 e. The van der Waals surface area contributed by atoms with Crippen LogP contribution in [-0.4, -0.2) is 15.3 Å². The molecule has 3 N–H and O–H groups in total. The van der Waals surface area contributed by atoms with Crippen LogP contribution in [0.25, 0.3) is 0 Å². The Morgan fingerprint density at radius 3 is 1.70 bits per heavy atom. The summed E-state index contributed by atoms with van der Waals surface area (Å²) >= 11 is 0. The van der Waals surface area contributed by atoms with Crippen molar-refractivity contribution in [1.29, 1.82) is 0 Å². The number of hydrogen-bond acceptors (Lipinski definition) is 3. The van der Waals surface area contributed by atoms with E-state index >= 15 is 0 Å². The summed E-state index contributed by atoms with van der Waals surface area (Å²) in [7, 11) is 0. The van der Waals surface area contributed by atoms with Crippen molar-refractivity contribution in [2.24, 2.45) is 5.92 Å². The predicted octanol–water partition coefficient (Wildman–Crippen LogP) is 5.01. The zero-order chi connectivity index (χ0) is 22.6. The van der Waals surface area contributed by atoms with Crippen LogP contribution in [0, 0.1) is 5.92 Å². The van der Waals surface area contributed by atoms with E-state index in [1.807, 2.05) is 115 Å².